The van der Waals surface area contributed by atoms with Crippen molar-refractivity contribution in [1.82, 2.24) is 14.5 Å². The van der Waals surface area contributed by atoms with Crippen molar-refractivity contribution in [2.45, 2.75) is 51.7 Å². The van der Waals surface area contributed by atoms with E-state index in [1.807, 2.05) is 49.5 Å². The van der Waals surface area contributed by atoms with Crippen molar-refractivity contribution in [1.29, 1.82) is 0 Å². The molecule has 4 heterocycles. The number of ether oxygens (including phenoxy) is 1. The molecule has 40 heavy (non-hydrogen) atoms. The van der Waals surface area contributed by atoms with E-state index in [2.05, 4.69) is 71.1 Å². The molecule has 2 aliphatic heterocycles. The zero-order valence-electron chi connectivity index (χ0n) is 22.7. The monoisotopic (exact) mass is 702 g/mol. The van der Waals surface area contributed by atoms with Crippen molar-refractivity contribution in [3.8, 4) is 28.4 Å². The van der Waals surface area contributed by atoms with Crippen LogP contribution in [0.3, 0.4) is 0 Å². The van der Waals surface area contributed by atoms with Crippen molar-refractivity contribution in [3.05, 3.63) is 108 Å². The second-order valence-corrected chi connectivity index (χ2v) is 10.7. The van der Waals surface area contributed by atoms with Gasteiger partial charge >= 0.3 is 0 Å². The van der Waals surface area contributed by atoms with Crippen molar-refractivity contribution < 1.29 is 24.8 Å². The molecule has 1 aliphatic carbocycles. The van der Waals surface area contributed by atoms with E-state index >= 15 is 0 Å². The van der Waals surface area contributed by atoms with Gasteiger partial charge in [0.15, 0.2) is 0 Å². The Labute approximate surface area is 249 Å². The molecule has 203 valence electrons. The summed E-state index contributed by atoms with van der Waals surface area (Å²) in [4.78, 5) is 9.36. The largest absolute Gasteiger partial charge is 0.530 e. The van der Waals surface area contributed by atoms with E-state index in [0.29, 0.717) is 6.04 Å². The number of para-hydroxylation sites is 1. The molecule has 1 saturated carbocycles. The Morgan fingerprint density at radius 2 is 1.75 bits per heavy atom. The number of allylic oxidation sites excluding steroid dienone is 2. The summed E-state index contributed by atoms with van der Waals surface area (Å²) in [6.07, 6.45) is 9.76. The van der Waals surface area contributed by atoms with Gasteiger partial charge < -0.3 is 14.3 Å². The predicted octanol–water partition coefficient (Wildman–Crippen LogP) is 8.65. The van der Waals surface area contributed by atoms with Gasteiger partial charge in [-0.15, -0.1) is 60.2 Å². The van der Waals surface area contributed by atoms with Gasteiger partial charge in [-0.2, -0.15) is 0 Å². The van der Waals surface area contributed by atoms with Gasteiger partial charge in [0.1, 0.15) is 6.10 Å². The van der Waals surface area contributed by atoms with Gasteiger partial charge in [-0.3, -0.25) is 4.98 Å². The molecule has 3 aliphatic rings. The summed E-state index contributed by atoms with van der Waals surface area (Å²) in [6, 6.07) is 31.4. The van der Waals surface area contributed by atoms with Gasteiger partial charge in [-0.1, -0.05) is 42.7 Å². The van der Waals surface area contributed by atoms with Crippen LogP contribution < -0.4 is 4.74 Å². The average Bonchev–Trinajstić information content (AvgIpc) is 3.66. The minimum absolute atomic E-state index is 0. The van der Waals surface area contributed by atoms with Gasteiger partial charge in [0.25, 0.3) is 0 Å². The van der Waals surface area contributed by atoms with Crippen LogP contribution in [0.4, 0.5) is 0 Å². The first-order valence-corrected chi connectivity index (χ1v) is 14.0. The number of aromatic nitrogens is 3. The Hall–Kier alpha value is -3.53. The standard InChI is InChI=1S/C22H21N2.C13H10NO.Ir/c1-15-14-19(16-8-5-6-9-16)18-12-7-13-20-21(18)24(15)22(23-20)17-10-3-2-4-11-17;1-9-10-6-4-8-14-13(10)11-5-2-3-7-12(11)15-9;/h2-4,7,10,12-16H,5-6,8-9H2,1H3;2-4,6-9H,1H3;/q2*-1;. The van der Waals surface area contributed by atoms with Crippen LogP contribution in [0.1, 0.15) is 62.8 Å². The van der Waals surface area contributed by atoms with Crippen LogP contribution in [0.2, 0.25) is 0 Å². The summed E-state index contributed by atoms with van der Waals surface area (Å²) in [5, 5.41) is 0. The number of benzene rings is 3. The molecule has 4 nitrogen and oxygen atoms in total. The molecule has 5 heteroatoms. The maximum atomic E-state index is 5.79. The molecule has 2 unspecified atom stereocenters. The Morgan fingerprint density at radius 1 is 0.900 bits per heavy atom. The number of rotatable bonds is 2. The Kier molecular flexibility index (Phi) is 7.44. The van der Waals surface area contributed by atoms with Crippen molar-refractivity contribution in [2.24, 2.45) is 5.92 Å². The van der Waals surface area contributed by atoms with Gasteiger partial charge in [0.2, 0.25) is 0 Å². The number of imidazole rings is 1. The first kappa shape index (κ1) is 26.7. The third-order valence-electron chi connectivity index (χ3n) is 8.23. The molecule has 0 N–H and O–H groups in total. The molecule has 0 bridgehead atoms. The van der Waals surface area contributed by atoms with Crippen molar-refractivity contribution in [2.75, 3.05) is 0 Å². The quantitative estimate of drug-likeness (QED) is 0.173. The molecule has 2 atom stereocenters. The van der Waals surface area contributed by atoms with E-state index in [0.717, 1.165) is 45.4 Å². The molecular formula is C35H31IrN3O-2. The van der Waals surface area contributed by atoms with E-state index in [1.54, 1.807) is 5.57 Å². The van der Waals surface area contributed by atoms with E-state index in [9.17, 15) is 0 Å². The molecule has 1 fully saturated rings. The SMILES string of the molecule is CC1C=C(C2CCCC2)c2cccc3nc(-c4[c-]cccc4)n1c23.CC1Oc2ccc[c-]c2-c2ncccc21.[Ir]. The Balaban J connectivity index is 0.000000156. The summed E-state index contributed by atoms with van der Waals surface area (Å²) < 4.78 is 8.18. The van der Waals surface area contributed by atoms with Crippen LogP contribution in [0, 0.1) is 18.1 Å². The van der Waals surface area contributed by atoms with E-state index in [1.165, 1.54) is 36.8 Å². The Morgan fingerprint density at radius 3 is 2.58 bits per heavy atom. The smallest absolute Gasteiger partial charge is 0.102 e. The molecular weight excluding hydrogens is 671 g/mol. The fraction of sp³-hybridized carbons (Fsp3) is 0.257. The van der Waals surface area contributed by atoms with Crippen LogP contribution in [-0.2, 0) is 20.1 Å². The van der Waals surface area contributed by atoms with Gasteiger partial charge in [-0.25, -0.2) is 0 Å². The molecule has 5 aromatic rings. The van der Waals surface area contributed by atoms with Gasteiger partial charge in [0, 0.05) is 43.7 Å². The zero-order valence-corrected chi connectivity index (χ0v) is 25.1. The van der Waals surface area contributed by atoms with E-state index in [4.69, 9.17) is 9.72 Å². The normalized spacial score (nSPS) is 18.9. The Bertz CT molecular complexity index is 1680. The minimum atomic E-state index is 0. The van der Waals surface area contributed by atoms with Crippen LogP contribution in [0.25, 0.3) is 39.3 Å². The molecule has 1 radical (unpaired) electrons. The number of hydrogen-bond donors (Lipinski definition) is 0. The van der Waals surface area contributed by atoms with Gasteiger partial charge in [-0.05, 0) is 61.6 Å². The topological polar surface area (TPSA) is 39.9 Å². The average molecular weight is 702 g/mol. The van der Waals surface area contributed by atoms with E-state index in [-0.39, 0.29) is 26.2 Å². The van der Waals surface area contributed by atoms with Crippen LogP contribution in [-0.4, -0.2) is 14.5 Å². The molecule has 3 aromatic carbocycles. The number of nitrogens with zero attached hydrogens (tertiary/aromatic N) is 3. The number of fused-ring (bicyclic) bond motifs is 3. The number of pyridine rings is 1. The summed E-state index contributed by atoms with van der Waals surface area (Å²) in [7, 11) is 0. The summed E-state index contributed by atoms with van der Waals surface area (Å²) >= 11 is 0. The fourth-order valence-electron chi connectivity index (χ4n) is 6.43. The minimum Gasteiger partial charge on any atom is -0.530 e. The molecule has 2 aromatic heterocycles. The molecule has 8 rings (SSSR count). The summed E-state index contributed by atoms with van der Waals surface area (Å²) in [6.45, 7) is 4.33. The molecule has 0 amide bonds. The third-order valence-corrected chi connectivity index (χ3v) is 8.23. The van der Waals surface area contributed by atoms with Crippen molar-refractivity contribution in [3.63, 3.8) is 0 Å². The maximum Gasteiger partial charge on any atom is 0.102 e. The summed E-state index contributed by atoms with van der Waals surface area (Å²) in [5.74, 6) is 2.64. The second-order valence-electron chi connectivity index (χ2n) is 10.7. The number of hydrogen-bond acceptors (Lipinski definition) is 3. The van der Waals surface area contributed by atoms with Crippen molar-refractivity contribution >= 4 is 16.6 Å². The van der Waals surface area contributed by atoms with Gasteiger partial charge in [0.05, 0.1) is 16.9 Å². The maximum absolute atomic E-state index is 5.79. The first-order valence-electron chi connectivity index (χ1n) is 14.0. The first-order chi connectivity index (χ1) is 19.2. The summed E-state index contributed by atoms with van der Waals surface area (Å²) in [5.41, 5.74) is 9.53. The van der Waals surface area contributed by atoms with E-state index < -0.39 is 0 Å². The zero-order chi connectivity index (χ0) is 26.3. The second kappa shape index (κ2) is 11.2. The molecule has 0 spiro atoms. The van der Waals surface area contributed by atoms with Crippen LogP contribution in [0.5, 0.6) is 5.75 Å². The molecule has 0 saturated heterocycles. The fourth-order valence-corrected chi connectivity index (χ4v) is 6.43. The predicted molar refractivity (Wildman–Crippen MR) is 156 cm³/mol. The van der Waals surface area contributed by atoms with Crippen LogP contribution >= 0.6 is 0 Å². The third kappa shape index (κ3) is 4.62. The van der Waals surface area contributed by atoms with Crippen LogP contribution in [0.15, 0.2) is 85.1 Å².